The van der Waals surface area contributed by atoms with Crippen molar-refractivity contribution < 1.29 is 29.2 Å². The first-order valence-electron chi connectivity index (χ1n) is 11.0. The standard InChI is InChI=1S/C26H25N3O7/c1-36-26(33)23(16-18-9-13-21(30)14-10-18)28-25(32)22(27-24(31)19-5-3-2-4-6-19)15-17-7-11-20(12-8-17)29(34)35/h2-14,22-23,30H,15-16H2,1H3,(H,27,31)(H,28,32)/t22-,23-/m0/s1. The second kappa shape index (κ2) is 12.1. The number of nitro benzene ring substituents is 1. The van der Waals surface area contributed by atoms with Crippen molar-refractivity contribution in [2.75, 3.05) is 7.11 Å². The minimum Gasteiger partial charge on any atom is -0.508 e. The third-order valence-corrected chi connectivity index (χ3v) is 5.42. The lowest BCUT2D eigenvalue weighted by Crippen LogP contribution is -2.53. The number of hydrogen-bond acceptors (Lipinski definition) is 7. The number of phenols is 1. The van der Waals surface area contributed by atoms with Crippen LogP contribution in [0.25, 0.3) is 0 Å². The van der Waals surface area contributed by atoms with Crippen LogP contribution >= 0.6 is 0 Å². The van der Waals surface area contributed by atoms with E-state index in [0.717, 1.165) is 0 Å². The number of carbonyl (C=O) groups excluding carboxylic acids is 3. The van der Waals surface area contributed by atoms with E-state index in [1.807, 2.05) is 0 Å². The lowest BCUT2D eigenvalue weighted by atomic mass is 10.0. The number of hydrogen-bond donors (Lipinski definition) is 3. The van der Waals surface area contributed by atoms with Crippen LogP contribution in [-0.4, -0.2) is 47.0 Å². The lowest BCUT2D eigenvalue weighted by molar-refractivity contribution is -0.384. The highest BCUT2D eigenvalue weighted by molar-refractivity contribution is 5.98. The van der Waals surface area contributed by atoms with Crippen molar-refractivity contribution in [3.63, 3.8) is 0 Å². The molecule has 0 aliphatic heterocycles. The van der Waals surface area contributed by atoms with E-state index in [1.54, 1.807) is 42.5 Å². The zero-order valence-electron chi connectivity index (χ0n) is 19.4. The molecule has 2 atom stereocenters. The summed E-state index contributed by atoms with van der Waals surface area (Å²) in [6, 6.07) is 17.9. The van der Waals surface area contributed by atoms with Gasteiger partial charge in [0.1, 0.15) is 17.8 Å². The van der Waals surface area contributed by atoms with Crippen LogP contribution in [0.4, 0.5) is 5.69 Å². The molecule has 0 spiro atoms. The first kappa shape index (κ1) is 25.9. The Morgan fingerprint density at radius 2 is 1.42 bits per heavy atom. The normalized spacial score (nSPS) is 12.1. The van der Waals surface area contributed by atoms with Gasteiger partial charge >= 0.3 is 5.97 Å². The van der Waals surface area contributed by atoms with Gasteiger partial charge in [-0.2, -0.15) is 0 Å². The summed E-state index contributed by atoms with van der Waals surface area (Å²) in [5, 5.41) is 25.8. The van der Waals surface area contributed by atoms with Crippen molar-refractivity contribution >= 4 is 23.5 Å². The largest absolute Gasteiger partial charge is 0.508 e. The van der Waals surface area contributed by atoms with Gasteiger partial charge < -0.3 is 20.5 Å². The fourth-order valence-electron chi connectivity index (χ4n) is 3.51. The summed E-state index contributed by atoms with van der Waals surface area (Å²) in [6.07, 6.45) is 0.116. The van der Waals surface area contributed by atoms with Gasteiger partial charge in [-0.15, -0.1) is 0 Å². The van der Waals surface area contributed by atoms with Crippen molar-refractivity contribution in [3.8, 4) is 5.75 Å². The molecule has 3 N–H and O–H groups in total. The number of methoxy groups -OCH3 is 1. The zero-order valence-corrected chi connectivity index (χ0v) is 19.4. The van der Waals surface area contributed by atoms with E-state index in [9.17, 15) is 29.6 Å². The summed E-state index contributed by atoms with van der Waals surface area (Å²) in [6.45, 7) is 0. The Labute approximate surface area is 207 Å². The first-order valence-corrected chi connectivity index (χ1v) is 11.0. The number of esters is 1. The molecule has 186 valence electrons. The van der Waals surface area contributed by atoms with Crippen molar-refractivity contribution in [1.29, 1.82) is 0 Å². The van der Waals surface area contributed by atoms with Gasteiger partial charge in [-0.25, -0.2) is 4.79 Å². The molecule has 10 nitrogen and oxygen atoms in total. The molecule has 2 amide bonds. The van der Waals surface area contributed by atoms with Crippen LogP contribution in [0.3, 0.4) is 0 Å². The number of aromatic hydroxyl groups is 1. The average molecular weight is 492 g/mol. The van der Waals surface area contributed by atoms with Gasteiger partial charge in [0.2, 0.25) is 5.91 Å². The molecule has 0 aromatic heterocycles. The average Bonchev–Trinajstić information content (AvgIpc) is 2.89. The molecular weight excluding hydrogens is 466 g/mol. The number of non-ortho nitro benzene ring substituents is 1. The molecule has 0 aliphatic carbocycles. The second-order valence-electron chi connectivity index (χ2n) is 7.97. The SMILES string of the molecule is COC(=O)[C@H](Cc1ccc(O)cc1)NC(=O)[C@H](Cc1ccc([N+](=O)[O-])cc1)NC(=O)c1ccccc1. The summed E-state index contributed by atoms with van der Waals surface area (Å²) in [4.78, 5) is 48.9. The molecule has 0 fully saturated rings. The van der Waals surface area contributed by atoms with Gasteiger partial charge in [0, 0.05) is 30.5 Å². The molecule has 36 heavy (non-hydrogen) atoms. The van der Waals surface area contributed by atoms with Gasteiger partial charge in [0.05, 0.1) is 12.0 Å². The third-order valence-electron chi connectivity index (χ3n) is 5.42. The maximum Gasteiger partial charge on any atom is 0.328 e. The first-order chi connectivity index (χ1) is 17.3. The van der Waals surface area contributed by atoms with E-state index < -0.39 is 34.8 Å². The van der Waals surface area contributed by atoms with Crippen LogP contribution in [0.1, 0.15) is 21.5 Å². The van der Waals surface area contributed by atoms with E-state index >= 15 is 0 Å². The lowest BCUT2D eigenvalue weighted by Gasteiger charge is -2.22. The Morgan fingerprint density at radius 3 is 1.97 bits per heavy atom. The number of rotatable bonds is 10. The van der Waals surface area contributed by atoms with Crippen molar-refractivity contribution in [2.24, 2.45) is 0 Å². The second-order valence-corrected chi connectivity index (χ2v) is 7.97. The smallest absolute Gasteiger partial charge is 0.328 e. The predicted molar refractivity (Wildman–Crippen MR) is 130 cm³/mol. The maximum atomic E-state index is 13.3. The molecule has 3 aromatic carbocycles. The summed E-state index contributed by atoms with van der Waals surface area (Å²) >= 11 is 0. The molecule has 0 saturated heterocycles. The molecule has 0 unspecified atom stereocenters. The highest BCUT2D eigenvalue weighted by Gasteiger charge is 2.28. The molecule has 0 bridgehead atoms. The fraction of sp³-hybridized carbons (Fsp3) is 0.192. The Kier molecular flexibility index (Phi) is 8.71. The van der Waals surface area contributed by atoms with E-state index in [0.29, 0.717) is 16.7 Å². The Balaban J connectivity index is 1.82. The van der Waals surface area contributed by atoms with E-state index in [4.69, 9.17) is 4.74 Å². The molecule has 3 aromatic rings. The van der Waals surface area contributed by atoms with Crippen LogP contribution in [0.5, 0.6) is 5.75 Å². The third kappa shape index (κ3) is 7.13. The fourth-order valence-corrected chi connectivity index (χ4v) is 3.51. The number of nitrogens with one attached hydrogen (secondary N) is 2. The molecule has 0 radical (unpaired) electrons. The van der Waals surface area contributed by atoms with Crippen LogP contribution in [-0.2, 0) is 27.2 Å². The van der Waals surface area contributed by atoms with Gasteiger partial charge in [-0.05, 0) is 35.4 Å². The molecule has 10 heteroatoms. The van der Waals surface area contributed by atoms with Gasteiger partial charge in [0.15, 0.2) is 0 Å². The molecule has 3 rings (SSSR count). The van der Waals surface area contributed by atoms with Gasteiger partial charge in [-0.1, -0.05) is 42.5 Å². The van der Waals surface area contributed by atoms with E-state index in [-0.39, 0.29) is 24.3 Å². The van der Waals surface area contributed by atoms with Crippen molar-refractivity contribution in [3.05, 3.63) is 106 Å². The van der Waals surface area contributed by atoms with Crippen LogP contribution in [0.2, 0.25) is 0 Å². The molecule has 0 aliphatic rings. The monoisotopic (exact) mass is 491 g/mol. The summed E-state index contributed by atoms with van der Waals surface area (Å²) in [7, 11) is 1.20. The Bertz CT molecular complexity index is 1210. The number of ether oxygens (including phenoxy) is 1. The highest BCUT2D eigenvalue weighted by atomic mass is 16.6. The Hall–Kier alpha value is -4.73. The number of amides is 2. The van der Waals surface area contributed by atoms with E-state index in [2.05, 4.69) is 10.6 Å². The number of benzene rings is 3. The minimum absolute atomic E-state index is 0.0233. The quantitative estimate of drug-likeness (QED) is 0.224. The van der Waals surface area contributed by atoms with Crippen molar-refractivity contribution in [1.82, 2.24) is 10.6 Å². The summed E-state index contributed by atoms with van der Waals surface area (Å²) in [5.74, 6) is -1.75. The van der Waals surface area contributed by atoms with Gasteiger partial charge in [-0.3, -0.25) is 19.7 Å². The maximum absolute atomic E-state index is 13.3. The number of carbonyl (C=O) groups is 3. The predicted octanol–water partition coefficient (Wildman–Crippen LogP) is 2.54. The zero-order chi connectivity index (χ0) is 26.1. The van der Waals surface area contributed by atoms with Crippen LogP contribution in [0, 0.1) is 10.1 Å². The summed E-state index contributed by atoms with van der Waals surface area (Å²) in [5.41, 5.74) is 1.48. The van der Waals surface area contributed by atoms with E-state index in [1.165, 1.54) is 43.5 Å². The summed E-state index contributed by atoms with van der Waals surface area (Å²) < 4.78 is 4.84. The number of nitrogens with zero attached hydrogens (tertiary/aromatic N) is 1. The van der Waals surface area contributed by atoms with Crippen LogP contribution < -0.4 is 10.6 Å². The number of nitro groups is 1. The minimum atomic E-state index is -1.09. The highest BCUT2D eigenvalue weighted by Crippen LogP contribution is 2.15. The van der Waals surface area contributed by atoms with Crippen molar-refractivity contribution in [2.45, 2.75) is 24.9 Å². The molecule has 0 heterocycles. The Morgan fingerprint density at radius 1 is 0.861 bits per heavy atom. The number of phenolic OH excluding ortho intramolecular Hbond substituents is 1. The topological polar surface area (TPSA) is 148 Å². The van der Waals surface area contributed by atoms with Gasteiger partial charge in [0.25, 0.3) is 11.6 Å². The van der Waals surface area contributed by atoms with Crippen LogP contribution in [0.15, 0.2) is 78.9 Å². The molecule has 0 saturated carbocycles. The molecular formula is C26H25N3O7.